The molecule has 0 spiro atoms. The molecule has 0 amide bonds. The molecule has 1 aliphatic rings. The first-order valence-electron chi connectivity index (χ1n) is 7.87. The highest BCUT2D eigenvalue weighted by Gasteiger charge is 2.42. The minimum absolute atomic E-state index is 0.220. The number of hydrogen-bond donors (Lipinski definition) is 1. The van der Waals surface area contributed by atoms with Crippen molar-refractivity contribution in [1.82, 2.24) is 5.32 Å². The number of ether oxygens (including phenoxy) is 3. The Kier molecular flexibility index (Phi) is 9.43. The third kappa shape index (κ3) is 6.21. The van der Waals surface area contributed by atoms with Crippen LogP contribution in [0.15, 0.2) is 0 Å². The molecule has 4 nitrogen and oxygen atoms in total. The molecule has 1 rings (SSSR count). The molecular weight excluding hydrogens is 242 g/mol. The van der Waals surface area contributed by atoms with E-state index in [-0.39, 0.29) is 12.2 Å². The summed E-state index contributed by atoms with van der Waals surface area (Å²) in [4.78, 5) is 0. The maximum Gasteiger partial charge on any atom is 0.0990 e. The van der Waals surface area contributed by atoms with Crippen molar-refractivity contribution in [2.45, 2.75) is 64.7 Å². The fourth-order valence-electron chi connectivity index (χ4n) is 2.26. The smallest absolute Gasteiger partial charge is 0.0990 e. The largest absolute Gasteiger partial charge is 0.379 e. The Bertz CT molecular complexity index is 214. The molecule has 114 valence electrons. The first-order chi connectivity index (χ1) is 9.33. The summed E-state index contributed by atoms with van der Waals surface area (Å²) in [6.07, 6.45) is 4.80. The van der Waals surface area contributed by atoms with Crippen LogP contribution in [-0.4, -0.2) is 51.2 Å². The molecule has 1 aliphatic carbocycles. The van der Waals surface area contributed by atoms with E-state index in [1.54, 1.807) is 0 Å². The second kappa shape index (κ2) is 10.6. The zero-order chi connectivity index (χ0) is 13.9. The van der Waals surface area contributed by atoms with Crippen LogP contribution in [0.3, 0.4) is 0 Å². The second-order valence-corrected chi connectivity index (χ2v) is 5.15. The van der Waals surface area contributed by atoms with Crippen LogP contribution in [0.5, 0.6) is 0 Å². The van der Waals surface area contributed by atoms with Gasteiger partial charge < -0.3 is 19.5 Å². The summed E-state index contributed by atoms with van der Waals surface area (Å²) in [6.45, 7) is 10.5. The predicted molar refractivity (Wildman–Crippen MR) is 77.6 cm³/mol. The van der Waals surface area contributed by atoms with Crippen molar-refractivity contribution in [3.63, 3.8) is 0 Å². The molecule has 3 atom stereocenters. The van der Waals surface area contributed by atoms with E-state index in [1.807, 2.05) is 0 Å². The average molecular weight is 273 g/mol. The lowest BCUT2D eigenvalue weighted by molar-refractivity contribution is -0.152. The van der Waals surface area contributed by atoms with E-state index in [0.717, 1.165) is 45.4 Å². The molecule has 0 aliphatic heterocycles. The van der Waals surface area contributed by atoms with Crippen LogP contribution in [0.2, 0.25) is 0 Å². The van der Waals surface area contributed by atoms with Gasteiger partial charge in [0, 0.05) is 19.3 Å². The Morgan fingerprint density at radius 1 is 0.895 bits per heavy atom. The standard InChI is InChI=1S/C15H31NO3/c1-4-7-16-13-12-14(15(13)19-9-6-3)18-11-10-17-8-5-2/h13-16H,4-12H2,1-3H3. The van der Waals surface area contributed by atoms with E-state index in [9.17, 15) is 0 Å². The summed E-state index contributed by atoms with van der Waals surface area (Å²) < 4.78 is 17.2. The summed E-state index contributed by atoms with van der Waals surface area (Å²) in [5.41, 5.74) is 0. The summed E-state index contributed by atoms with van der Waals surface area (Å²) in [6, 6.07) is 0.466. The van der Waals surface area contributed by atoms with Gasteiger partial charge in [0.05, 0.1) is 25.4 Å². The maximum absolute atomic E-state index is 5.90. The molecule has 3 unspecified atom stereocenters. The molecule has 1 fully saturated rings. The van der Waals surface area contributed by atoms with Gasteiger partial charge >= 0.3 is 0 Å². The summed E-state index contributed by atoms with van der Waals surface area (Å²) in [5.74, 6) is 0. The third-order valence-corrected chi connectivity index (χ3v) is 3.33. The average Bonchev–Trinajstić information content (AvgIpc) is 2.40. The highest BCUT2D eigenvalue weighted by molar-refractivity contribution is 4.97. The third-order valence-electron chi connectivity index (χ3n) is 3.33. The molecule has 4 heteroatoms. The first kappa shape index (κ1) is 16.9. The normalized spacial score (nSPS) is 26.4. The zero-order valence-corrected chi connectivity index (χ0v) is 12.8. The van der Waals surface area contributed by atoms with Crippen molar-refractivity contribution in [2.75, 3.05) is 33.0 Å². The van der Waals surface area contributed by atoms with E-state index in [1.165, 1.54) is 0 Å². The SMILES string of the molecule is CCCNC1CC(OCCOCCC)C1OCCC. The molecule has 0 bridgehead atoms. The maximum atomic E-state index is 5.90. The van der Waals surface area contributed by atoms with Crippen LogP contribution < -0.4 is 5.32 Å². The Hall–Kier alpha value is -0.160. The van der Waals surface area contributed by atoms with E-state index >= 15 is 0 Å². The quantitative estimate of drug-likeness (QED) is 0.554. The summed E-state index contributed by atoms with van der Waals surface area (Å²) >= 11 is 0. The Morgan fingerprint density at radius 3 is 2.37 bits per heavy atom. The molecule has 0 aromatic carbocycles. The molecule has 0 radical (unpaired) electrons. The van der Waals surface area contributed by atoms with Crippen molar-refractivity contribution < 1.29 is 14.2 Å². The Morgan fingerprint density at radius 2 is 1.68 bits per heavy atom. The van der Waals surface area contributed by atoms with Gasteiger partial charge in [-0.2, -0.15) is 0 Å². The van der Waals surface area contributed by atoms with Crippen LogP contribution in [-0.2, 0) is 14.2 Å². The van der Waals surface area contributed by atoms with Crippen molar-refractivity contribution in [1.29, 1.82) is 0 Å². The number of nitrogens with one attached hydrogen (secondary N) is 1. The van der Waals surface area contributed by atoms with Gasteiger partial charge in [0.25, 0.3) is 0 Å². The predicted octanol–water partition coefficient (Wildman–Crippen LogP) is 2.37. The van der Waals surface area contributed by atoms with Gasteiger partial charge in [0.2, 0.25) is 0 Å². The highest BCUT2D eigenvalue weighted by atomic mass is 16.6. The topological polar surface area (TPSA) is 39.7 Å². The fourth-order valence-corrected chi connectivity index (χ4v) is 2.26. The molecule has 0 heterocycles. The van der Waals surface area contributed by atoms with Crippen LogP contribution in [0.25, 0.3) is 0 Å². The fraction of sp³-hybridized carbons (Fsp3) is 1.00. The molecule has 0 saturated heterocycles. The Labute approximate surface area is 118 Å². The Balaban J connectivity index is 2.17. The van der Waals surface area contributed by atoms with Crippen LogP contribution in [0.4, 0.5) is 0 Å². The molecule has 1 N–H and O–H groups in total. The molecule has 0 aromatic rings. The van der Waals surface area contributed by atoms with Crippen LogP contribution >= 0.6 is 0 Å². The van der Waals surface area contributed by atoms with Gasteiger partial charge in [-0.1, -0.05) is 20.8 Å². The van der Waals surface area contributed by atoms with Gasteiger partial charge in [0.15, 0.2) is 0 Å². The van der Waals surface area contributed by atoms with Gasteiger partial charge in [-0.15, -0.1) is 0 Å². The van der Waals surface area contributed by atoms with Gasteiger partial charge in [-0.05, 0) is 32.2 Å². The van der Waals surface area contributed by atoms with Crippen molar-refractivity contribution in [3.05, 3.63) is 0 Å². The highest BCUT2D eigenvalue weighted by Crippen LogP contribution is 2.27. The summed E-state index contributed by atoms with van der Waals surface area (Å²) in [5, 5.41) is 3.53. The summed E-state index contributed by atoms with van der Waals surface area (Å²) in [7, 11) is 0. The molecule has 1 saturated carbocycles. The van der Waals surface area contributed by atoms with Crippen LogP contribution in [0, 0.1) is 0 Å². The lowest BCUT2D eigenvalue weighted by Gasteiger charge is -2.44. The zero-order valence-electron chi connectivity index (χ0n) is 12.8. The van der Waals surface area contributed by atoms with E-state index < -0.39 is 0 Å². The van der Waals surface area contributed by atoms with E-state index in [2.05, 4.69) is 26.1 Å². The van der Waals surface area contributed by atoms with Gasteiger partial charge in [0.1, 0.15) is 0 Å². The monoisotopic (exact) mass is 273 g/mol. The van der Waals surface area contributed by atoms with E-state index in [4.69, 9.17) is 14.2 Å². The van der Waals surface area contributed by atoms with Gasteiger partial charge in [-0.25, -0.2) is 0 Å². The lowest BCUT2D eigenvalue weighted by Crippen LogP contribution is -2.60. The first-order valence-corrected chi connectivity index (χ1v) is 7.87. The van der Waals surface area contributed by atoms with Crippen molar-refractivity contribution in [3.8, 4) is 0 Å². The second-order valence-electron chi connectivity index (χ2n) is 5.15. The number of rotatable bonds is 12. The lowest BCUT2D eigenvalue weighted by atomic mass is 9.85. The van der Waals surface area contributed by atoms with Crippen molar-refractivity contribution >= 4 is 0 Å². The van der Waals surface area contributed by atoms with Gasteiger partial charge in [-0.3, -0.25) is 0 Å². The minimum Gasteiger partial charge on any atom is -0.379 e. The van der Waals surface area contributed by atoms with Crippen molar-refractivity contribution in [2.24, 2.45) is 0 Å². The minimum atomic E-state index is 0.220. The molecular formula is C15H31NO3. The van der Waals surface area contributed by atoms with E-state index in [0.29, 0.717) is 19.3 Å². The van der Waals surface area contributed by atoms with Crippen LogP contribution in [0.1, 0.15) is 46.5 Å². The molecule has 19 heavy (non-hydrogen) atoms. The number of hydrogen-bond acceptors (Lipinski definition) is 4. The molecule has 0 aromatic heterocycles.